The third kappa shape index (κ3) is 1.85. The van der Waals surface area contributed by atoms with Crippen LogP contribution in [0.2, 0.25) is 0 Å². The van der Waals surface area contributed by atoms with Gasteiger partial charge in [-0.2, -0.15) is 0 Å². The Hall–Kier alpha value is -1.15. The Kier molecular flexibility index (Phi) is 2.94. The van der Waals surface area contributed by atoms with E-state index in [1.165, 1.54) is 0 Å². The van der Waals surface area contributed by atoms with Gasteiger partial charge >= 0.3 is 0 Å². The zero-order valence-electron chi connectivity index (χ0n) is 7.99. The summed E-state index contributed by atoms with van der Waals surface area (Å²) >= 11 is 0. The number of hydrogen-bond donors (Lipinski definition) is 1. The van der Waals surface area contributed by atoms with Crippen molar-refractivity contribution in [3.63, 3.8) is 0 Å². The van der Waals surface area contributed by atoms with Crippen LogP contribution in [0.5, 0.6) is 0 Å². The predicted octanol–water partition coefficient (Wildman–Crippen LogP) is -0.0526. The minimum atomic E-state index is 0.0830. The molecule has 1 saturated heterocycles. The number of allylic oxidation sites excluding steroid dienone is 2. The van der Waals surface area contributed by atoms with Crippen molar-refractivity contribution in [3.05, 3.63) is 29.9 Å². The van der Waals surface area contributed by atoms with Gasteiger partial charge < -0.3 is 5.32 Å². The van der Waals surface area contributed by atoms with Gasteiger partial charge in [0.25, 0.3) is 0 Å². The lowest BCUT2D eigenvalue weighted by molar-refractivity contribution is 0.223. The topological polar surface area (TPSA) is 32.3 Å². The first-order valence-electron chi connectivity index (χ1n) is 4.88. The molecule has 0 aromatic heterocycles. The van der Waals surface area contributed by atoms with Gasteiger partial charge in [0.15, 0.2) is 0 Å². The maximum Gasteiger partial charge on any atom is 0.130 e. The fraction of sp³-hybridized carbons (Fsp3) is 0.455. The second-order valence-electron chi connectivity index (χ2n) is 3.44. The van der Waals surface area contributed by atoms with E-state index in [9.17, 15) is 4.79 Å². The molecule has 1 atom stereocenters. The molecule has 73 valence electrons. The maximum absolute atomic E-state index is 10.7. The van der Waals surface area contributed by atoms with E-state index >= 15 is 0 Å². The van der Waals surface area contributed by atoms with Gasteiger partial charge in [-0.25, -0.2) is 4.79 Å². The monoisotopic (exact) mass is 189 g/mol. The van der Waals surface area contributed by atoms with E-state index in [4.69, 9.17) is 0 Å². The summed E-state index contributed by atoms with van der Waals surface area (Å²) in [6.45, 7) is 3.92. The Morgan fingerprint density at radius 2 is 2.29 bits per heavy atom. The van der Waals surface area contributed by atoms with Gasteiger partial charge in [0.2, 0.25) is 0 Å². The smallest absolute Gasteiger partial charge is 0.130 e. The molecule has 3 heteroatoms. The second-order valence-corrected chi connectivity index (χ2v) is 3.44. The van der Waals surface area contributed by atoms with Crippen molar-refractivity contribution in [1.29, 1.82) is 0 Å². The molecule has 14 heavy (non-hydrogen) atoms. The van der Waals surface area contributed by atoms with Crippen LogP contribution in [0.25, 0.3) is 0 Å². The fourth-order valence-corrected chi connectivity index (χ4v) is 1.83. The number of nitrogens with one attached hydrogen (secondary N) is 1. The predicted molar refractivity (Wildman–Crippen MR) is 54.4 cm³/mol. The lowest BCUT2D eigenvalue weighted by Gasteiger charge is -2.33. The molecule has 2 aliphatic rings. The Morgan fingerprint density at radius 3 is 3.00 bits per heavy atom. The summed E-state index contributed by atoms with van der Waals surface area (Å²) < 4.78 is 0. The molecule has 0 amide bonds. The van der Waals surface area contributed by atoms with Crippen molar-refractivity contribution in [3.8, 4) is 0 Å². The van der Waals surface area contributed by atoms with Gasteiger partial charge in [0.1, 0.15) is 5.94 Å². The Balaban J connectivity index is 2.12. The summed E-state index contributed by atoms with van der Waals surface area (Å²) in [6.07, 6.45) is 8.67. The van der Waals surface area contributed by atoms with Crippen LogP contribution in [0, 0.1) is 6.08 Å². The van der Waals surface area contributed by atoms with Gasteiger partial charge in [-0.1, -0.05) is 18.2 Å². The van der Waals surface area contributed by atoms with Gasteiger partial charge in [-0.3, -0.25) is 4.90 Å². The van der Waals surface area contributed by atoms with Gasteiger partial charge in [0.05, 0.1) is 11.6 Å². The minimum absolute atomic E-state index is 0.0830. The Morgan fingerprint density at radius 1 is 1.50 bits per heavy atom. The summed E-state index contributed by atoms with van der Waals surface area (Å²) in [5.41, 5.74) is 0.620. The first-order chi connectivity index (χ1) is 6.92. The Bertz CT molecular complexity index is 307. The summed E-state index contributed by atoms with van der Waals surface area (Å²) in [5.74, 6) is 1.96. The highest BCUT2D eigenvalue weighted by Gasteiger charge is 2.22. The van der Waals surface area contributed by atoms with Crippen molar-refractivity contribution < 1.29 is 4.79 Å². The first-order valence-corrected chi connectivity index (χ1v) is 4.88. The van der Waals surface area contributed by atoms with Crippen LogP contribution in [-0.4, -0.2) is 43.1 Å². The zero-order valence-corrected chi connectivity index (χ0v) is 7.99. The molecule has 2 rings (SSSR count). The lowest BCUT2D eigenvalue weighted by Crippen LogP contribution is -2.48. The van der Waals surface area contributed by atoms with Crippen molar-refractivity contribution >= 4 is 5.94 Å². The number of piperazine rings is 1. The van der Waals surface area contributed by atoms with Crippen LogP contribution in [0.3, 0.4) is 0 Å². The number of carbonyl (C=O) groups excluding carboxylic acids is 1. The van der Waals surface area contributed by atoms with Gasteiger partial charge in [-0.05, 0) is 6.08 Å². The molecule has 1 radical (unpaired) electrons. The number of hydrogen-bond acceptors (Lipinski definition) is 3. The minimum Gasteiger partial charge on any atom is -0.314 e. The molecule has 1 aliphatic carbocycles. The third-order valence-electron chi connectivity index (χ3n) is 2.58. The average Bonchev–Trinajstić information content (AvgIpc) is 2.30. The van der Waals surface area contributed by atoms with Crippen LogP contribution in [0.1, 0.15) is 0 Å². The van der Waals surface area contributed by atoms with Gasteiger partial charge in [-0.15, -0.1) is 0 Å². The molecular formula is C11H13N2O. The van der Waals surface area contributed by atoms with Crippen LogP contribution in [-0.2, 0) is 4.79 Å². The maximum atomic E-state index is 10.7. The Labute approximate surface area is 83.8 Å². The highest BCUT2D eigenvalue weighted by molar-refractivity contribution is 5.60. The normalized spacial score (nSPS) is 27.7. The number of rotatable bonds is 1. The molecule has 0 saturated carbocycles. The standard InChI is InChI=1S/C11H13N2O/c14-9-10-3-1-2-4-11(10)13-7-5-12-6-8-13/h1-2,4,11-12H,5-8H2. The second kappa shape index (κ2) is 4.38. The van der Waals surface area contributed by atoms with Crippen molar-refractivity contribution in [2.24, 2.45) is 0 Å². The summed E-state index contributed by atoms with van der Waals surface area (Å²) in [7, 11) is 0. The summed E-state index contributed by atoms with van der Waals surface area (Å²) in [5, 5.41) is 3.28. The highest BCUT2D eigenvalue weighted by atomic mass is 16.1. The largest absolute Gasteiger partial charge is 0.314 e. The van der Waals surface area contributed by atoms with Crippen molar-refractivity contribution in [2.75, 3.05) is 26.2 Å². The van der Waals surface area contributed by atoms with Crippen molar-refractivity contribution in [1.82, 2.24) is 10.2 Å². The van der Waals surface area contributed by atoms with E-state index < -0.39 is 0 Å². The molecule has 0 aromatic carbocycles. The van der Waals surface area contributed by atoms with Gasteiger partial charge in [0, 0.05) is 26.2 Å². The summed E-state index contributed by atoms with van der Waals surface area (Å²) in [6, 6.07) is 0.0830. The van der Waals surface area contributed by atoms with Crippen molar-refractivity contribution in [2.45, 2.75) is 6.04 Å². The van der Waals surface area contributed by atoms with E-state index in [1.807, 2.05) is 18.1 Å². The van der Waals surface area contributed by atoms with Crippen LogP contribution >= 0.6 is 0 Å². The van der Waals surface area contributed by atoms with E-state index in [0.717, 1.165) is 26.2 Å². The van der Waals surface area contributed by atoms with Crippen LogP contribution in [0.15, 0.2) is 23.8 Å². The molecule has 0 spiro atoms. The van der Waals surface area contributed by atoms with Crippen LogP contribution < -0.4 is 5.32 Å². The first kappa shape index (κ1) is 9.41. The molecule has 1 unspecified atom stereocenters. The quantitative estimate of drug-likeness (QED) is 0.587. The molecule has 1 N–H and O–H groups in total. The fourth-order valence-electron chi connectivity index (χ4n) is 1.83. The zero-order chi connectivity index (χ0) is 9.80. The number of nitrogens with zero attached hydrogens (tertiary/aromatic N) is 1. The molecule has 1 aliphatic heterocycles. The average molecular weight is 189 g/mol. The molecule has 0 bridgehead atoms. The third-order valence-corrected chi connectivity index (χ3v) is 2.58. The van der Waals surface area contributed by atoms with E-state index in [1.54, 1.807) is 6.08 Å². The molecule has 0 aromatic rings. The molecule has 1 heterocycles. The van der Waals surface area contributed by atoms with Crippen LogP contribution in [0.4, 0.5) is 0 Å². The molecular weight excluding hydrogens is 176 g/mol. The van der Waals surface area contributed by atoms with E-state index in [2.05, 4.69) is 16.3 Å². The lowest BCUT2D eigenvalue weighted by atomic mass is 10.0. The highest BCUT2D eigenvalue weighted by Crippen LogP contribution is 2.15. The molecule has 1 fully saturated rings. The summed E-state index contributed by atoms with van der Waals surface area (Å²) in [4.78, 5) is 13.0. The van der Waals surface area contributed by atoms with E-state index in [0.29, 0.717) is 5.57 Å². The van der Waals surface area contributed by atoms with E-state index in [-0.39, 0.29) is 6.04 Å². The molecule has 3 nitrogen and oxygen atoms in total. The SMILES string of the molecule is O=C=C1[C]=CC=CC1N1CCNCC1.